The van der Waals surface area contributed by atoms with Crippen LogP contribution in [0.25, 0.3) is 10.9 Å². The van der Waals surface area contributed by atoms with Gasteiger partial charge >= 0.3 is 6.03 Å². The van der Waals surface area contributed by atoms with Gasteiger partial charge in [-0.3, -0.25) is 4.79 Å². The summed E-state index contributed by atoms with van der Waals surface area (Å²) in [6.07, 6.45) is 0. The molecule has 3 rings (SSSR count). The van der Waals surface area contributed by atoms with Crippen LogP contribution in [-0.2, 0) is 0 Å². The average molecular weight is 334 g/mol. The molecule has 6 heteroatoms. The molecule has 0 aliphatic heterocycles. The van der Waals surface area contributed by atoms with E-state index in [-0.39, 0.29) is 11.9 Å². The molecular weight excluding hydrogens is 316 g/mol. The van der Waals surface area contributed by atoms with Gasteiger partial charge in [0.05, 0.1) is 11.6 Å². The number of nitrogens with two attached hydrogens (primary N) is 1. The van der Waals surface area contributed by atoms with E-state index in [9.17, 15) is 9.59 Å². The minimum absolute atomic E-state index is 0.205. The number of carbonyl (C=O) groups excluding carboxylic acids is 2. The van der Waals surface area contributed by atoms with Gasteiger partial charge in [-0.05, 0) is 36.8 Å². The average Bonchev–Trinajstić information content (AvgIpc) is 2.61. The van der Waals surface area contributed by atoms with Crippen molar-refractivity contribution in [2.45, 2.75) is 13.0 Å². The molecule has 126 valence electrons. The Kier molecular flexibility index (Phi) is 4.61. The molecule has 2 aromatic carbocycles. The fourth-order valence-electron chi connectivity index (χ4n) is 2.54. The molecule has 25 heavy (non-hydrogen) atoms. The predicted molar refractivity (Wildman–Crippen MR) is 97.3 cm³/mol. The minimum atomic E-state index is -0.614. The van der Waals surface area contributed by atoms with Gasteiger partial charge in [0.1, 0.15) is 5.69 Å². The third-order valence-electron chi connectivity index (χ3n) is 3.86. The monoisotopic (exact) mass is 334 g/mol. The van der Waals surface area contributed by atoms with E-state index in [0.717, 1.165) is 16.5 Å². The molecule has 0 fully saturated rings. The van der Waals surface area contributed by atoms with Gasteiger partial charge in [-0.2, -0.15) is 0 Å². The highest BCUT2D eigenvalue weighted by Crippen LogP contribution is 2.17. The summed E-state index contributed by atoms with van der Waals surface area (Å²) in [4.78, 5) is 27.7. The molecule has 0 bridgehead atoms. The lowest BCUT2D eigenvalue weighted by atomic mass is 10.1. The fourth-order valence-corrected chi connectivity index (χ4v) is 2.54. The summed E-state index contributed by atoms with van der Waals surface area (Å²) in [5.41, 5.74) is 7.74. The second-order valence-electron chi connectivity index (χ2n) is 5.70. The zero-order valence-electron chi connectivity index (χ0n) is 13.7. The Morgan fingerprint density at radius 2 is 1.72 bits per heavy atom. The van der Waals surface area contributed by atoms with Crippen molar-refractivity contribution in [3.05, 3.63) is 71.9 Å². The molecule has 3 aromatic rings. The standard InChI is InChI=1S/C19H18N4O2/c1-12(13-6-9-15(10-7-13)22-19(20)25)21-18(24)17-11-8-14-4-2-3-5-16(14)23-17/h2-12H,1H3,(H,21,24)(H3,20,22,25). The number of nitrogens with zero attached hydrogens (tertiary/aromatic N) is 1. The molecule has 0 saturated heterocycles. The number of anilines is 1. The third kappa shape index (κ3) is 3.92. The number of benzene rings is 2. The Bertz CT molecular complexity index is 922. The van der Waals surface area contributed by atoms with E-state index in [0.29, 0.717) is 11.4 Å². The molecular formula is C19H18N4O2. The molecule has 6 nitrogen and oxygen atoms in total. The highest BCUT2D eigenvalue weighted by atomic mass is 16.2. The van der Waals surface area contributed by atoms with Crippen molar-refractivity contribution in [2.24, 2.45) is 5.73 Å². The van der Waals surface area contributed by atoms with Crippen LogP contribution >= 0.6 is 0 Å². The number of pyridine rings is 1. The zero-order chi connectivity index (χ0) is 17.8. The van der Waals surface area contributed by atoms with Gasteiger partial charge in [0.2, 0.25) is 0 Å². The minimum Gasteiger partial charge on any atom is -0.351 e. The van der Waals surface area contributed by atoms with Crippen molar-refractivity contribution in [3.8, 4) is 0 Å². The maximum absolute atomic E-state index is 12.4. The van der Waals surface area contributed by atoms with Crippen LogP contribution in [0.2, 0.25) is 0 Å². The summed E-state index contributed by atoms with van der Waals surface area (Å²) in [7, 11) is 0. The normalized spacial score (nSPS) is 11.7. The number of aromatic nitrogens is 1. The zero-order valence-corrected chi connectivity index (χ0v) is 13.7. The molecule has 1 aromatic heterocycles. The molecule has 0 aliphatic carbocycles. The lowest BCUT2D eigenvalue weighted by molar-refractivity contribution is 0.0935. The lowest BCUT2D eigenvalue weighted by Gasteiger charge is -2.15. The van der Waals surface area contributed by atoms with Crippen molar-refractivity contribution in [1.82, 2.24) is 10.3 Å². The number of rotatable bonds is 4. The summed E-state index contributed by atoms with van der Waals surface area (Å²) in [5, 5.41) is 6.41. The SMILES string of the molecule is CC(NC(=O)c1ccc2ccccc2n1)c1ccc(NC(N)=O)cc1. The van der Waals surface area contributed by atoms with Crippen molar-refractivity contribution < 1.29 is 9.59 Å². The smallest absolute Gasteiger partial charge is 0.316 e. The number of hydrogen-bond acceptors (Lipinski definition) is 3. The second kappa shape index (κ2) is 7.00. The molecule has 0 radical (unpaired) electrons. The Morgan fingerprint density at radius 3 is 2.44 bits per heavy atom. The number of urea groups is 1. The Hall–Kier alpha value is -3.41. The number of carbonyl (C=O) groups is 2. The van der Waals surface area contributed by atoms with Gasteiger partial charge in [-0.25, -0.2) is 9.78 Å². The quantitative estimate of drug-likeness (QED) is 0.683. The predicted octanol–water partition coefficient (Wildman–Crippen LogP) is 3.22. The van der Waals surface area contributed by atoms with Gasteiger partial charge in [-0.1, -0.05) is 36.4 Å². The molecule has 1 heterocycles. The van der Waals surface area contributed by atoms with Gasteiger partial charge in [0.25, 0.3) is 5.91 Å². The molecule has 1 atom stereocenters. The summed E-state index contributed by atoms with van der Waals surface area (Å²) in [6, 6.07) is 17.5. The van der Waals surface area contributed by atoms with Crippen molar-refractivity contribution >= 4 is 28.5 Å². The lowest BCUT2D eigenvalue weighted by Crippen LogP contribution is -2.27. The molecule has 0 aliphatic rings. The molecule has 0 saturated carbocycles. The Morgan fingerprint density at radius 1 is 1.00 bits per heavy atom. The third-order valence-corrected chi connectivity index (χ3v) is 3.86. The summed E-state index contributed by atoms with van der Waals surface area (Å²) in [6.45, 7) is 1.88. The van der Waals surface area contributed by atoms with E-state index in [2.05, 4.69) is 15.6 Å². The van der Waals surface area contributed by atoms with E-state index in [1.807, 2.05) is 49.4 Å². The summed E-state index contributed by atoms with van der Waals surface area (Å²) < 4.78 is 0. The van der Waals surface area contributed by atoms with Crippen molar-refractivity contribution in [2.75, 3.05) is 5.32 Å². The van der Waals surface area contributed by atoms with E-state index in [1.165, 1.54) is 0 Å². The van der Waals surface area contributed by atoms with E-state index < -0.39 is 6.03 Å². The number of para-hydroxylation sites is 1. The number of fused-ring (bicyclic) bond motifs is 1. The molecule has 0 spiro atoms. The Labute approximate surface area is 145 Å². The first-order chi connectivity index (χ1) is 12.0. The van der Waals surface area contributed by atoms with Crippen LogP contribution in [0.1, 0.15) is 29.0 Å². The number of nitrogens with one attached hydrogen (secondary N) is 2. The molecule has 4 N–H and O–H groups in total. The highest BCUT2D eigenvalue weighted by molar-refractivity contribution is 5.95. The fraction of sp³-hybridized carbons (Fsp3) is 0.105. The van der Waals surface area contributed by atoms with Crippen LogP contribution in [0.4, 0.5) is 10.5 Å². The van der Waals surface area contributed by atoms with Crippen LogP contribution in [0.15, 0.2) is 60.7 Å². The van der Waals surface area contributed by atoms with E-state index in [4.69, 9.17) is 5.73 Å². The first kappa shape index (κ1) is 16.4. The van der Waals surface area contributed by atoms with Gasteiger partial charge < -0.3 is 16.4 Å². The first-order valence-corrected chi connectivity index (χ1v) is 7.86. The number of hydrogen-bond donors (Lipinski definition) is 3. The van der Waals surface area contributed by atoms with Crippen molar-refractivity contribution in [3.63, 3.8) is 0 Å². The maximum atomic E-state index is 12.4. The number of amides is 3. The topological polar surface area (TPSA) is 97.1 Å². The van der Waals surface area contributed by atoms with Gasteiger partial charge in [0.15, 0.2) is 0 Å². The molecule has 1 unspecified atom stereocenters. The van der Waals surface area contributed by atoms with Crippen LogP contribution < -0.4 is 16.4 Å². The van der Waals surface area contributed by atoms with Crippen LogP contribution in [0.5, 0.6) is 0 Å². The van der Waals surface area contributed by atoms with E-state index >= 15 is 0 Å². The second-order valence-corrected chi connectivity index (χ2v) is 5.70. The van der Waals surface area contributed by atoms with Crippen LogP contribution in [0.3, 0.4) is 0 Å². The summed E-state index contributed by atoms with van der Waals surface area (Å²) in [5.74, 6) is -0.238. The Balaban J connectivity index is 1.71. The van der Waals surface area contributed by atoms with E-state index in [1.54, 1.807) is 18.2 Å². The van der Waals surface area contributed by atoms with Crippen molar-refractivity contribution in [1.29, 1.82) is 0 Å². The van der Waals surface area contributed by atoms with Crippen LogP contribution in [0, 0.1) is 0 Å². The van der Waals surface area contributed by atoms with Crippen LogP contribution in [-0.4, -0.2) is 16.9 Å². The highest BCUT2D eigenvalue weighted by Gasteiger charge is 2.13. The maximum Gasteiger partial charge on any atom is 0.316 e. The number of primary amides is 1. The first-order valence-electron chi connectivity index (χ1n) is 7.86. The summed E-state index contributed by atoms with van der Waals surface area (Å²) >= 11 is 0. The van der Waals surface area contributed by atoms with Gasteiger partial charge in [-0.15, -0.1) is 0 Å². The van der Waals surface area contributed by atoms with Gasteiger partial charge in [0, 0.05) is 11.1 Å². The largest absolute Gasteiger partial charge is 0.351 e. The molecule has 3 amide bonds.